The van der Waals surface area contributed by atoms with E-state index in [0.29, 0.717) is 19.4 Å². The molecule has 1 rings (SSSR count). The summed E-state index contributed by atoms with van der Waals surface area (Å²) in [6, 6.07) is -0.435. The van der Waals surface area contributed by atoms with Crippen LogP contribution in [-0.4, -0.2) is 23.0 Å². The first kappa shape index (κ1) is 7.75. The van der Waals surface area contributed by atoms with E-state index in [2.05, 4.69) is 5.32 Å². The Kier molecular flexibility index (Phi) is 2.45. The van der Waals surface area contributed by atoms with Gasteiger partial charge in [0.1, 0.15) is 0 Å². The molecule has 0 aromatic carbocycles. The van der Waals surface area contributed by atoms with Crippen LogP contribution in [0.15, 0.2) is 0 Å². The minimum Gasteiger partial charge on any atom is -0.295 e. The van der Waals surface area contributed by atoms with Crippen molar-refractivity contribution in [2.45, 2.75) is 24.4 Å². The zero-order valence-electron chi connectivity index (χ0n) is 5.42. The quantitative estimate of drug-likeness (QED) is 0.267. The lowest BCUT2D eigenvalue weighted by Crippen LogP contribution is -2.42. The molecule has 4 nitrogen and oxygen atoms in total. The van der Waals surface area contributed by atoms with Gasteiger partial charge in [-0.2, -0.15) is 0 Å². The van der Waals surface area contributed by atoms with E-state index >= 15 is 0 Å². The van der Waals surface area contributed by atoms with Crippen molar-refractivity contribution in [2.24, 2.45) is 0 Å². The summed E-state index contributed by atoms with van der Waals surface area (Å²) in [7, 11) is 0. The molecule has 1 aliphatic heterocycles. The van der Waals surface area contributed by atoms with Gasteiger partial charge in [-0.05, 0) is 6.42 Å². The number of hydrogen-bond donors (Lipinski definition) is 1. The molecule has 58 valence electrons. The van der Waals surface area contributed by atoms with Gasteiger partial charge < -0.3 is 0 Å². The first-order chi connectivity index (χ1) is 4.70. The molecule has 1 saturated heterocycles. The molecule has 0 amide bonds. The third-order valence-electron chi connectivity index (χ3n) is 1.63. The fourth-order valence-electron chi connectivity index (χ4n) is 0.987. The van der Waals surface area contributed by atoms with Crippen LogP contribution in [0.5, 0.6) is 0 Å². The second kappa shape index (κ2) is 3.16. The van der Waals surface area contributed by atoms with Crippen LogP contribution in [0.2, 0.25) is 0 Å². The predicted molar refractivity (Wildman–Crippen MR) is 37.7 cm³/mol. The monoisotopic (exact) mass is 164 g/mol. The molecule has 0 aliphatic carbocycles. The number of rotatable bonds is 1. The molecule has 0 spiro atoms. The Morgan fingerprint density at radius 3 is 2.70 bits per heavy atom. The van der Waals surface area contributed by atoms with Crippen molar-refractivity contribution < 1.29 is 4.92 Å². The Labute approximate surface area is 63.7 Å². The summed E-state index contributed by atoms with van der Waals surface area (Å²) in [5.74, 6) is 0. The van der Waals surface area contributed by atoms with Gasteiger partial charge in [0.2, 0.25) is 6.04 Å². The van der Waals surface area contributed by atoms with Gasteiger partial charge in [0, 0.05) is 11.3 Å². The predicted octanol–water partition coefficient (Wildman–Crippen LogP) is 0.580. The normalized spacial score (nSPS) is 33.7. The Morgan fingerprint density at radius 1 is 1.60 bits per heavy atom. The molecule has 1 fully saturated rings. The van der Waals surface area contributed by atoms with Gasteiger partial charge in [-0.25, -0.2) is 0 Å². The largest absolute Gasteiger partial charge is 0.295 e. The Hall–Kier alpha value is -0.350. The molecule has 0 aromatic heterocycles. The molecule has 5 heteroatoms. The molecule has 1 N–H and O–H groups in total. The fourth-order valence-corrected chi connectivity index (χ4v) is 1.20. The number of nitrogens with one attached hydrogen (secondary N) is 1. The van der Waals surface area contributed by atoms with E-state index in [-0.39, 0.29) is 10.4 Å². The van der Waals surface area contributed by atoms with Crippen molar-refractivity contribution in [1.29, 1.82) is 0 Å². The summed E-state index contributed by atoms with van der Waals surface area (Å²) in [5.41, 5.74) is -0.0730. The second-order valence-corrected chi connectivity index (χ2v) is 2.92. The van der Waals surface area contributed by atoms with Crippen molar-refractivity contribution in [1.82, 2.24) is 5.32 Å². The molecule has 0 radical (unpaired) electrons. The highest BCUT2D eigenvalue weighted by molar-refractivity contribution is 6.20. The maximum absolute atomic E-state index is 10.2. The Morgan fingerprint density at radius 2 is 2.30 bits per heavy atom. The molecule has 1 aliphatic rings. The molecule has 0 saturated carbocycles. The van der Waals surface area contributed by atoms with Crippen LogP contribution >= 0.6 is 11.6 Å². The smallest absolute Gasteiger partial charge is 0.225 e. The number of alkyl halides is 1. The van der Waals surface area contributed by atoms with Crippen LogP contribution in [0, 0.1) is 10.1 Å². The third kappa shape index (κ3) is 1.82. The van der Waals surface area contributed by atoms with Crippen LogP contribution < -0.4 is 5.32 Å². The van der Waals surface area contributed by atoms with Gasteiger partial charge in [-0.3, -0.25) is 15.4 Å². The van der Waals surface area contributed by atoms with Crippen LogP contribution in [0.25, 0.3) is 0 Å². The first-order valence-corrected chi connectivity index (χ1v) is 3.64. The average Bonchev–Trinajstić information content (AvgIpc) is 1.88. The number of hydrogen-bond acceptors (Lipinski definition) is 3. The summed E-state index contributed by atoms with van der Waals surface area (Å²) in [6.45, 7) is 0.404. The van der Waals surface area contributed by atoms with E-state index in [9.17, 15) is 10.1 Å². The van der Waals surface area contributed by atoms with Gasteiger partial charge in [0.15, 0.2) is 0 Å². The topological polar surface area (TPSA) is 55.2 Å². The van der Waals surface area contributed by atoms with Crippen LogP contribution in [0.1, 0.15) is 12.8 Å². The van der Waals surface area contributed by atoms with E-state index in [1.54, 1.807) is 0 Å². The highest BCUT2D eigenvalue weighted by atomic mass is 35.5. The van der Waals surface area contributed by atoms with Crippen LogP contribution in [-0.2, 0) is 0 Å². The van der Waals surface area contributed by atoms with Crippen molar-refractivity contribution in [3.63, 3.8) is 0 Å². The van der Waals surface area contributed by atoms with Gasteiger partial charge in [-0.1, -0.05) is 0 Å². The summed E-state index contributed by atoms with van der Waals surface area (Å²) < 4.78 is 0. The zero-order chi connectivity index (χ0) is 7.56. The van der Waals surface area contributed by atoms with Crippen molar-refractivity contribution in [2.75, 3.05) is 6.54 Å². The number of nitrogens with zero attached hydrogens (tertiary/aromatic N) is 1. The maximum Gasteiger partial charge on any atom is 0.225 e. The SMILES string of the molecule is O=[N+]([O-])C1CCC(Cl)NC1. The second-order valence-electron chi connectivity index (χ2n) is 2.39. The van der Waals surface area contributed by atoms with Gasteiger partial charge in [0.25, 0.3) is 0 Å². The average molecular weight is 165 g/mol. The fraction of sp³-hybridized carbons (Fsp3) is 1.00. The molecule has 0 aromatic rings. The molecule has 10 heavy (non-hydrogen) atoms. The molecule has 2 unspecified atom stereocenters. The lowest BCUT2D eigenvalue weighted by Gasteiger charge is -2.20. The summed E-state index contributed by atoms with van der Waals surface area (Å²) in [6.07, 6.45) is 1.28. The molecular weight excluding hydrogens is 156 g/mol. The summed E-state index contributed by atoms with van der Waals surface area (Å²) in [4.78, 5) is 9.93. The van der Waals surface area contributed by atoms with Crippen molar-refractivity contribution >= 4 is 11.6 Å². The van der Waals surface area contributed by atoms with Crippen LogP contribution in [0.4, 0.5) is 0 Å². The maximum atomic E-state index is 10.2. The lowest BCUT2D eigenvalue weighted by atomic mass is 10.1. The van der Waals surface area contributed by atoms with E-state index < -0.39 is 6.04 Å². The van der Waals surface area contributed by atoms with Crippen molar-refractivity contribution in [3.05, 3.63) is 10.1 Å². The van der Waals surface area contributed by atoms with E-state index in [1.165, 1.54) is 0 Å². The Balaban J connectivity index is 2.33. The first-order valence-electron chi connectivity index (χ1n) is 3.21. The molecule has 1 heterocycles. The van der Waals surface area contributed by atoms with Gasteiger partial charge in [-0.15, -0.1) is 11.6 Å². The number of nitro groups is 1. The van der Waals surface area contributed by atoms with E-state index in [1.807, 2.05) is 0 Å². The number of halogens is 1. The summed E-state index contributed by atoms with van der Waals surface area (Å²) in [5, 5.41) is 13.0. The third-order valence-corrected chi connectivity index (χ3v) is 2.00. The minimum absolute atomic E-state index is 0.0730. The molecule has 2 atom stereocenters. The van der Waals surface area contributed by atoms with Gasteiger partial charge in [0.05, 0.1) is 12.0 Å². The van der Waals surface area contributed by atoms with Crippen molar-refractivity contribution in [3.8, 4) is 0 Å². The Bertz CT molecular complexity index is 134. The van der Waals surface area contributed by atoms with Gasteiger partial charge >= 0.3 is 0 Å². The highest BCUT2D eigenvalue weighted by Crippen LogP contribution is 2.12. The molecular formula is C5H9ClN2O2. The zero-order valence-corrected chi connectivity index (χ0v) is 6.17. The van der Waals surface area contributed by atoms with Crippen LogP contribution in [0.3, 0.4) is 0 Å². The standard InChI is InChI=1S/C5H9ClN2O2/c6-5-2-1-4(3-7-5)8(9)10/h4-5,7H,1-3H2. The summed E-state index contributed by atoms with van der Waals surface area (Å²) >= 11 is 5.65. The highest BCUT2D eigenvalue weighted by Gasteiger charge is 2.26. The molecule has 0 bridgehead atoms. The lowest BCUT2D eigenvalue weighted by molar-refractivity contribution is -0.523. The van der Waals surface area contributed by atoms with E-state index in [0.717, 1.165) is 0 Å². The number of piperidine rings is 1. The van der Waals surface area contributed by atoms with E-state index in [4.69, 9.17) is 11.6 Å². The minimum atomic E-state index is -0.435.